The first-order valence-electron chi connectivity index (χ1n) is 6.95. The van der Waals surface area contributed by atoms with Gasteiger partial charge in [-0.1, -0.05) is 17.7 Å². The minimum atomic E-state index is -0.128. The summed E-state index contributed by atoms with van der Waals surface area (Å²) in [5, 5.41) is 9.37. The minimum absolute atomic E-state index is 0.128. The van der Waals surface area contributed by atoms with Crippen molar-refractivity contribution in [1.82, 2.24) is 10.6 Å². The van der Waals surface area contributed by atoms with Gasteiger partial charge in [0.2, 0.25) is 0 Å². The van der Waals surface area contributed by atoms with Crippen LogP contribution in [0.5, 0.6) is 0 Å². The molecule has 0 spiro atoms. The number of hydrogen-bond donors (Lipinski definition) is 3. The first-order chi connectivity index (χ1) is 9.04. The van der Waals surface area contributed by atoms with Crippen molar-refractivity contribution in [2.45, 2.75) is 51.7 Å². The Bertz CT molecular complexity index is 430. The van der Waals surface area contributed by atoms with Crippen LogP contribution in [0, 0.1) is 6.92 Å². The van der Waals surface area contributed by atoms with E-state index in [0.717, 1.165) is 18.5 Å². The van der Waals surface area contributed by atoms with E-state index < -0.39 is 0 Å². The van der Waals surface area contributed by atoms with Crippen molar-refractivity contribution in [3.63, 3.8) is 0 Å². The molecule has 1 saturated heterocycles. The predicted molar refractivity (Wildman–Crippen MR) is 78.4 cm³/mol. The highest BCUT2D eigenvalue weighted by molar-refractivity contribution is 5.89. The fraction of sp³-hybridized carbons (Fsp3) is 0.533. The summed E-state index contributed by atoms with van der Waals surface area (Å²) >= 11 is 0. The molecule has 0 saturated carbocycles. The lowest BCUT2D eigenvalue weighted by Crippen LogP contribution is -2.55. The molecule has 104 valence electrons. The van der Waals surface area contributed by atoms with E-state index in [0.29, 0.717) is 12.1 Å². The van der Waals surface area contributed by atoms with E-state index in [1.54, 1.807) is 0 Å². The summed E-state index contributed by atoms with van der Waals surface area (Å²) in [6.45, 7) is 6.33. The molecule has 19 heavy (non-hydrogen) atoms. The molecule has 0 aliphatic carbocycles. The number of piperidine rings is 1. The lowest BCUT2D eigenvalue weighted by molar-refractivity contribution is 0.232. The molecule has 2 amide bonds. The highest BCUT2D eigenvalue weighted by Crippen LogP contribution is 2.14. The van der Waals surface area contributed by atoms with E-state index in [-0.39, 0.29) is 12.1 Å². The fourth-order valence-corrected chi connectivity index (χ4v) is 2.50. The SMILES string of the molecule is Cc1ccc(NC(=O)NC2CCC(C)NC2C)cc1. The number of amides is 2. The van der Waals surface area contributed by atoms with Gasteiger partial charge in [-0.05, 0) is 45.7 Å². The number of benzene rings is 1. The number of nitrogens with one attached hydrogen (secondary N) is 3. The molecule has 1 aromatic carbocycles. The fourth-order valence-electron chi connectivity index (χ4n) is 2.50. The minimum Gasteiger partial charge on any atom is -0.334 e. The number of aryl methyl sites for hydroxylation is 1. The van der Waals surface area contributed by atoms with E-state index in [4.69, 9.17) is 0 Å². The molecule has 0 aromatic heterocycles. The summed E-state index contributed by atoms with van der Waals surface area (Å²) in [6.07, 6.45) is 2.12. The Balaban J connectivity index is 1.85. The van der Waals surface area contributed by atoms with Crippen LogP contribution in [0.2, 0.25) is 0 Å². The van der Waals surface area contributed by atoms with E-state index in [1.165, 1.54) is 5.56 Å². The monoisotopic (exact) mass is 261 g/mol. The molecule has 2 rings (SSSR count). The number of hydrogen-bond acceptors (Lipinski definition) is 2. The largest absolute Gasteiger partial charge is 0.334 e. The molecule has 1 fully saturated rings. The Labute approximate surface area is 115 Å². The van der Waals surface area contributed by atoms with Crippen molar-refractivity contribution in [2.24, 2.45) is 0 Å². The average molecular weight is 261 g/mol. The second-order valence-electron chi connectivity index (χ2n) is 5.50. The summed E-state index contributed by atoms with van der Waals surface area (Å²) in [7, 11) is 0. The van der Waals surface area contributed by atoms with Crippen LogP contribution in [0.3, 0.4) is 0 Å². The lowest BCUT2D eigenvalue weighted by Gasteiger charge is -2.34. The Kier molecular flexibility index (Phi) is 4.43. The standard InChI is InChI=1S/C15H23N3O/c1-10-4-7-13(8-5-10)17-15(19)18-14-9-6-11(2)16-12(14)3/h4-5,7-8,11-12,14,16H,6,9H2,1-3H3,(H2,17,18,19). The maximum atomic E-state index is 11.9. The first kappa shape index (κ1) is 13.9. The number of anilines is 1. The molecule has 1 aliphatic heterocycles. The molecule has 3 N–H and O–H groups in total. The highest BCUT2D eigenvalue weighted by atomic mass is 16.2. The van der Waals surface area contributed by atoms with Crippen molar-refractivity contribution >= 4 is 11.7 Å². The van der Waals surface area contributed by atoms with Crippen molar-refractivity contribution in [1.29, 1.82) is 0 Å². The third-order valence-corrected chi connectivity index (χ3v) is 3.69. The van der Waals surface area contributed by atoms with Gasteiger partial charge in [0.25, 0.3) is 0 Å². The smallest absolute Gasteiger partial charge is 0.319 e. The Hall–Kier alpha value is -1.55. The van der Waals surface area contributed by atoms with Gasteiger partial charge in [-0.15, -0.1) is 0 Å². The van der Waals surface area contributed by atoms with Crippen molar-refractivity contribution in [3.05, 3.63) is 29.8 Å². The normalized spacial score (nSPS) is 26.8. The maximum absolute atomic E-state index is 11.9. The molecular weight excluding hydrogens is 238 g/mol. The topological polar surface area (TPSA) is 53.2 Å². The van der Waals surface area contributed by atoms with Crippen molar-refractivity contribution < 1.29 is 4.79 Å². The highest BCUT2D eigenvalue weighted by Gasteiger charge is 2.25. The third-order valence-electron chi connectivity index (χ3n) is 3.69. The molecule has 0 bridgehead atoms. The second-order valence-corrected chi connectivity index (χ2v) is 5.50. The average Bonchev–Trinajstić information content (AvgIpc) is 2.36. The zero-order chi connectivity index (χ0) is 13.8. The molecule has 0 radical (unpaired) electrons. The van der Waals surface area contributed by atoms with Gasteiger partial charge in [-0.25, -0.2) is 4.79 Å². The van der Waals surface area contributed by atoms with Crippen molar-refractivity contribution in [2.75, 3.05) is 5.32 Å². The van der Waals surface area contributed by atoms with Crippen LogP contribution in [0.1, 0.15) is 32.3 Å². The zero-order valence-corrected chi connectivity index (χ0v) is 11.9. The van der Waals surface area contributed by atoms with Gasteiger partial charge < -0.3 is 16.0 Å². The second kappa shape index (κ2) is 6.06. The number of urea groups is 1. The predicted octanol–water partition coefficient (Wildman–Crippen LogP) is 2.65. The number of carbonyl (C=O) groups excluding carboxylic acids is 1. The molecule has 1 heterocycles. The van der Waals surface area contributed by atoms with E-state index in [9.17, 15) is 4.79 Å². The van der Waals surface area contributed by atoms with Gasteiger partial charge in [0, 0.05) is 23.8 Å². The van der Waals surface area contributed by atoms with E-state index in [1.807, 2.05) is 31.2 Å². The van der Waals surface area contributed by atoms with Crippen LogP contribution >= 0.6 is 0 Å². The van der Waals surface area contributed by atoms with Crippen LogP contribution in [-0.4, -0.2) is 24.2 Å². The van der Waals surface area contributed by atoms with Gasteiger partial charge in [-0.2, -0.15) is 0 Å². The Morgan fingerprint density at radius 2 is 1.89 bits per heavy atom. The molecule has 1 aromatic rings. The van der Waals surface area contributed by atoms with Crippen LogP contribution in [0.25, 0.3) is 0 Å². The van der Waals surface area contributed by atoms with Crippen LogP contribution < -0.4 is 16.0 Å². The summed E-state index contributed by atoms with van der Waals surface area (Å²) in [5.41, 5.74) is 2.01. The van der Waals surface area contributed by atoms with Crippen LogP contribution in [0.4, 0.5) is 10.5 Å². The molecule has 1 aliphatic rings. The Morgan fingerprint density at radius 1 is 1.21 bits per heavy atom. The van der Waals surface area contributed by atoms with Crippen LogP contribution in [-0.2, 0) is 0 Å². The summed E-state index contributed by atoms with van der Waals surface area (Å²) in [6, 6.07) is 8.72. The molecule has 3 atom stereocenters. The van der Waals surface area contributed by atoms with Gasteiger partial charge >= 0.3 is 6.03 Å². The van der Waals surface area contributed by atoms with Gasteiger partial charge in [-0.3, -0.25) is 0 Å². The summed E-state index contributed by atoms with van der Waals surface area (Å²) in [4.78, 5) is 11.9. The summed E-state index contributed by atoms with van der Waals surface area (Å²) in [5.74, 6) is 0. The van der Waals surface area contributed by atoms with Gasteiger partial charge in [0.15, 0.2) is 0 Å². The molecular formula is C15H23N3O. The molecule has 3 unspecified atom stereocenters. The quantitative estimate of drug-likeness (QED) is 0.766. The van der Waals surface area contributed by atoms with Gasteiger partial charge in [0.05, 0.1) is 0 Å². The van der Waals surface area contributed by atoms with Gasteiger partial charge in [0.1, 0.15) is 0 Å². The van der Waals surface area contributed by atoms with E-state index >= 15 is 0 Å². The number of carbonyl (C=O) groups is 1. The zero-order valence-electron chi connectivity index (χ0n) is 11.9. The number of rotatable bonds is 2. The summed E-state index contributed by atoms with van der Waals surface area (Å²) < 4.78 is 0. The molecule has 4 heteroatoms. The van der Waals surface area contributed by atoms with Crippen LogP contribution in [0.15, 0.2) is 24.3 Å². The van der Waals surface area contributed by atoms with Crippen molar-refractivity contribution in [3.8, 4) is 0 Å². The lowest BCUT2D eigenvalue weighted by atomic mass is 9.95. The third kappa shape index (κ3) is 3.96. The molecule has 4 nitrogen and oxygen atoms in total. The maximum Gasteiger partial charge on any atom is 0.319 e. The van der Waals surface area contributed by atoms with E-state index in [2.05, 4.69) is 29.8 Å². The Morgan fingerprint density at radius 3 is 2.53 bits per heavy atom. The first-order valence-corrected chi connectivity index (χ1v) is 6.95.